The zero-order valence-corrected chi connectivity index (χ0v) is 16.3. The van der Waals surface area contributed by atoms with Gasteiger partial charge in [0, 0.05) is 28.8 Å². The topological polar surface area (TPSA) is 67.8 Å². The summed E-state index contributed by atoms with van der Waals surface area (Å²) < 4.78 is 5.36. The summed E-state index contributed by atoms with van der Waals surface area (Å²) in [5, 5.41) is 3.35. The van der Waals surface area contributed by atoms with E-state index < -0.39 is 5.92 Å². The fourth-order valence-electron chi connectivity index (χ4n) is 3.52. The summed E-state index contributed by atoms with van der Waals surface area (Å²) in [6, 6.07) is 0. The van der Waals surface area contributed by atoms with Gasteiger partial charge in [0.2, 0.25) is 0 Å². The van der Waals surface area contributed by atoms with E-state index in [0.29, 0.717) is 35.1 Å². The summed E-state index contributed by atoms with van der Waals surface area (Å²) in [7, 11) is 0. The van der Waals surface area contributed by atoms with E-state index in [0.717, 1.165) is 17.6 Å². The number of ether oxygens (including phenoxy) is 1. The Morgan fingerprint density at radius 1 is 1.41 bits per heavy atom. The summed E-state index contributed by atoms with van der Waals surface area (Å²) >= 11 is 6.27. The molecule has 1 N–H and O–H groups in total. The van der Waals surface area contributed by atoms with Gasteiger partial charge >= 0.3 is 0 Å². The van der Waals surface area contributed by atoms with Crippen LogP contribution in [0.15, 0.2) is 63.2 Å². The van der Waals surface area contributed by atoms with E-state index in [-0.39, 0.29) is 24.3 Å². The molecular formula is C21H23ClN2O3. The quantitative estimate of drug-likeness (QED) is 0.754. The molecule has 2 atom stereocenters. The highest BCUT2D eigenvalue weighted by molar-refractivity contribution is 6.32. The van der Waals surface area contributed by atoms with Crippen LogP contribution >= 0.6 is 11.6 Å². The Morgan fingerprint density at radius 2 is 2.19 bits per heavy atom. The van der Waals surface area contributed by atoms with Crippen LogP contribution in [-0.2, 0) is 14.3 Å². The smallest absolute Gasteiger partial charge is 0.254 e. The third kappa shape index (κ3) is 4.37. The first-order chi connectivity index (χ1) is 12.9. The lowest BCUT2D eigenvalue weighted by Gasteiger charge is -2.27. The van der Waals surface area contributed by atoms with Crippen molar-refractivity contribution < 1.29 is 14.3 Å². The first-order valence-electron chi connectivity index (χ1n) is 8.97. The van der Waals surface area contributed by atoms with Gasteiger partial charge in [0.15, 0.2) is 0 Å². The molecule has 0 radical (unpaired) electrons. The number of halogens is 1. The number of hydrogen-bond acceptors (Lipinski definition) is 3. The summed E-state index contributed by atoms with van der Waals surface area (Å²) in [6.45, 7) is 9.20. The molecule has 0 spiro atoms. The number of nitrogens with zero attached hydrogens (tertiary/aromatic N) is 1. The third-order valence-corrected chi connectivity index (χ3v) is 5.24. The van der Waals surface area contributed by atoms with Crippen molar-refractivity contribution in [2.45, 2.75) is 20.3 Å². The molecule has 0 aromatic carbocycles. The van der Waals surface area contributed by atoms with Crippen LogP contribution in [0.1, 0.15) is 20.3 Å². The van der Waals surface area contributed by atoms with Crippen LogP contribution in [-0.4, -0.2) is 37.3 Å². The lowest BCUT2D eigenvalue weighted by atomic mass is 9.81. The van der Waals surface area contributed by atoms with E-state index in [2.05, 4.69) is 16.9 Å². The van der Waals surface area contributed by atoms with Crippen LogP contribution in [0.2, 0.25) is 0 Å². The fraction of sp³-hybridized carbons (Fsp3) is 0.381. The molecule has 27 heavy (non-hydrogen) atoms. The van der Waals surface area contributed by atoms with Gasteiger partial charge in [-0.15, -0.1) is 0 Å². The number of allylic oxidation sites excluding steroid dienone is 4. The maximum absolute atomic E-state index is 12.8. The molecular weight excluding hydrogens is 364 g/mol. The number of carbonyl (C=O) groups excluding carboxylic acids is 2. The third-order valence-electron chi connectivity index (χ3n) is 5.01. The molecule has 2 heterocycles. The highest BCUT2D eigenvalue weighted by Gasteiger charge is 2.29. The minimum absolute atomic E-state index is 0.0997. The Kier molecular flexibility index (Phi) is 5.92. The monoisotopic (exact) mass is 386 g/mol. The van der Waals surface area contributed by atoms with Crippen LogP contribution in [0.5, 0.6) is 0 Å². The molecule has 3 aliphatic rings. The minimum atomic E-state index is -0.435. The van der Waals surface area contributed by atoms with E-state index >= 15 is 0 Å². The second-order valence-corrected chi connectivity index (χ2v) is 7.40. The lowest BCUT2D eigenvalue weighted by molar-refractivity contribution is -0.121. The fourth-order valence-corrected chi connectivity index (χ4v) is 3.75. The van der Waals surface area contributed by atoms with E-state index in [1.165, 1.54) is 0 Å². The molecule has 0 aromatic rings. The van der Waals surface area contributed by atoms with E-state index in [1.807, 2.05) is 25.2 Å². The second-order valence-electron chi connectivity index (χ2n) is 6.96. The van der Waals surface area contributed by atoms with E-state index in [9.17, 15) is 9.59 Å². The number of rotatable bonds is 4. The van der Waals surface area contributed by atoms with Gasteiger partial charge in [-0.25, -0.2) is 4.99 Å². The first kappa shape index (κ1) is 19.5. The van der Waals surface area contributed by atoms with Gasteiger partial charge in [0.05, 0.1) is 19.1 Å². The molecule has 142 valence electrons. The van der Waals surface area contributed by atoms with Gasteiger partial charge in [0.1, 0.15) is 0 Å². The van der Waals surface area contributed by atoms with Gasteiger partial charge in [0.25, 0.3) is 11.8 Å². The van der Waals surface area contributed by atoms with Crippen molar-refractivity contribution >= 4 is 29.1 Å². The highest BCUT2D eigenvalue weighted by Crippen LogP contribution is 2.36. The lowest BCUT2D eigenvalue weighted by Crippen LogP contribution is -2.36. The molecule has 0 bridgehead atoms. The Morgan fingerprint density at radius 3 is 2.85 bits per heavy atom. The van der Waals surface area contributed by atoms with Gasteiger partial charge in [-0.3, -0.25) is 9.59 Å². The van der Waals surface area contributed by atoms with Crippen LogP contribution in [0.3, 0.4) is 0 Å². The van der Waals surface area contributed by atoms with Crippen molar-refractivity contribution in [3.63, 3.8) is 0 Å². The van der Waals surface area contributed by atoms with Gasteiger partial charge in [-0.1, -0.05) is 41.5 Å². The zero-order valence-electron chi connectivity index (χ0n) is 15.5. The number of amides is 2. The molecule has 2 aliphatic heterocycles. The summed E-state index contributed by atoms with van der Waals surface area (Å²) in [4.78, 5) is 28.9. The normalized spacial score (nSPS) is 25.8. The molecule has 2 unspecified atom stereocenters. The largest absolute Gasteiger partial charge is 0.377 e. The molecule has 6 heteroatoms. The number of carbonyl (C=O) groups is 2. The molecule has 0 fully saturated rings. The Bertz CT molecular complexity index is 845. The summed E-state index contributed by atoms with van der Waals surface area (Å²) in [5.74, 6) is -1.05. The van der Waals surface area contributed by atoms with Gasteiger partial charge < -0.3 is 10.1 Å². The summed E-state index contributed by atoms with van der Waals surface area (Å²) in [5.41, 5.74) is 3.90. The second kappa shape index (κ2) is 8.19. The molecule has 3 rings (SSSR count). The molecule has 1 aliphatic carbocycles. The molecule has 2 amide bonds. The first-order valence-corrected chi connectivity index (χ1v) is 9.35. The molecule has 0 saturated carbocycles. The number of aliphatic imine (C=N–C) groups is 1. The number of nitrogens with one attached hydrogen (secondary N) is 1. The number of hydrogen-bond donors (Lipinski definition) is 1. The van der Waals surface area contributed by atoms with Crippen LogP contribution < -0.4 is 5.32 Å². The van der Waals surface area contributed by atoms with Crippen molar-refractivity contribution in [1.29, 1.82) is 0 Å². The van der Waals surface area contributed by atoms with Crippen molar-refractivity contribution in [3.05, 3.63) is 58.2 Å². The molecule has 0 saturated heterocycles. The minimum Gasteiger partial charge on any atom is -0.377 e. The van der Waals surface area contributed by atoms with Crippen molar-refractivity contribution in [2.24, 2.45) is 16.8 Å². The van der Waals surface area contributed by atoms with Crippen LogP contribution in [0.25, 0.3) is 0 Å². The Labute approximate surface area is 164 Å². The maximum atomic E-state index is 12.8. The maximum Gasteiger partial charge on any atom is 0.254 e. The molecule has 5 nitrogen and oxygen atoms in total. The van der Waals surface area contributed by atoms with Crippen molar-refractivity contribution in [1.82, 2.24) is 5.32 Å². The highest BCUT2D eigenvalue weighted by atomic mass is 35.5. The summed E-state index contributed by atoms with van der Waals surface area (Å²) in [6.07, 6.45) is 8.22. The van der Waals surface area contributed by atoms with Gasteiger partial charge in [-0.05, 0) is 38.0 Å². The zero-order chi connectivity index (χ0) is 19.6. The Hall–Kier alpha value is -2.24. The van der Waals surface area contributed by atoms with Crippen molar-refractivity contribution in [2.75, 3.05) is 19.8 Å². The van der Waals surface area contributed by atoms with E-state index in [1.54, 1.807) is 13.0 Å². The predicted octanol–water partition coefficient (Wildman–Crippen LogP) is 3.25. The van der Waals surface area contributed by atoms with Crippen LogP contribution in [0, 0.1) is 11.8 Å². The predicted molar refractivity (Wildman–Crippen MR) is 107 cm³/mol. The SMILES string of the molecule is C=C1C(C(=O)NCC2C(=O)N=C(C)C=C2C)=CC(Cl)=CC1C1=CCOCC1. The van der Waals surface area contributed by atoms with E-state index in [4.69, 9.17) is 16.3 Å². The Balaban J connectivity index is 1.70. The van der Waals surface area contributed by atoms with Crippen LogP contribution in [0.4, 0.5) is 0 Å². The van der Waals surface area contributed by atoms with Gasteiger partial charge in [-0.2, -0.15) is 0 Å². The average Bonchev–Trinajstić information content (AvgIpc) is 2.63. The standard InChI is InChI=1S/C21H23ClN2O3/c1-12-8-13(2)24-21(26)19(12)11-23-20(25)18-10-16(22)9-17(14(18)3)15-4-6-27-7-5-15/h4,8-10,17,19H,3,5-7,11H2,1-2H3,(H,23,25). The average molecular weight is 387 g/mol. The molecule has 0 aromatic heterocycles. The van der Waals surface area contributed by atoms with Crippen molar-refractivity contribution in [3.8, 4) is 0 Å². The number of dihydropyridines is 1.